The lowest BCUT2D eigenvalue weighted by Gasteiger charge is -2.31. The first-order valence-electron chi connectivity index (χ1n) is 6.27. The Morgan fingerprint density at radius 2 is 2.14 bits per heavy atom. The van der Waals surface area contributed by atoms with Crippen LogP contribution in [0.5, 0.6) is 0 Å². The van der Waals surface area contributed by atoms with E-state index in [-0.39, 0.29) is 0 Å². The quantitative estimate of drug-likeness (QED) is 0.730. The van der Waals surface area contributed by atoms with Crippen molar-refractivity contribution in [3.05, 3.63) is 0 Å². The molecule has 2 nitrogen and oxygen atoms in total. The maximum absolute atomic E-state index is 5.88. The monoisotopic (exact) mass is 197 g/mol. The lowest BCUT2D eigenvalue weighted by Crippen LogP contribution is -2.44. The van der Waals surface area contributed by atoms with E-state index in [1.54, 1.807) is 0 Å². The summed E-state index contributed by atoms with van der Waals surface area (Å²) in [5.41, 5.74) is 0. The van der Waals surface area contributed by atoms with E-state index in [9.17, 15) is 0 Å². The van der Waals surface area contributed by atoms with Gasteiger partial charge in [0.1, 0.15) is 0 Å². The number of ether oxygens (including phenoxy) is 1. The lowest BCUT2D eigenvalue weighted by atomic mass is 9.98. The number of rotatable bonds is 5. The van der Waals surface area contributed by atoms with Crippen molar-refractivity contribution in [2.45, 2.75) is 57.6 Å². The van der Waals surface area contributed by atoms with E-state index in [0.29, 0.717) is 12.1 Å². The van der Waals surface area contributed by atoms with Gasteiger partial charge in [-0.15, -0.1) is 0 Å². The molecule has 0 aromatic rings. The molecule has 1 N–H and O–H groups in total. The smallest absolute Gasteiger partial charge is 0.0730 e. The Balaban J connectivity index is 1.81. The Morgan fingerprint density at radius 3 is 2.71 bits per heavy atom. The second-order valence-electron chi connectivity index (χ2n) is 4.72. The van der Waals surface area contributed by atoms with Crippen LogP contribution < -0.4 is 5.32 Å². The summed E-state index contributed by atoms with van der Waals surface area (Å²) in [6.45, 7) is 4.38. The van der Waals surface area contributed by atoms with Crippen molar-refractivity contribution in [3.63, 3.8) is 0 Å². The molecule has 14 heavy (non-hydrogen) atoms. The normalized spacial score (nSPS) is 30.2. The molecule has 1 saturated heterocycles. The highest BCUT2D eigenvalue weighted by molar-refractivity contribution is 4.92. The van der Waals surface area contributed by atoms with Crippen LogP contribution in [0.1, 0.15) is 45.4 Å². The van der Waals surface area contributed by atoms with Gasteiger partial charge in [0.15, 0.2) is 0 Å². The van der Waals surface area contributed by atoms with Crippen molar-refractivity contribution in [1.82, 2.24) is 5.32 Å². The van der Waals surface area contributed by atoms with Crippen molar-refractivity contribution < 1.29 is 4.74 Å². The zero-order chi connectivity index (χ0) is 9.80. The molecular formula is C12H23NO. The second kappa shape index (κ2) is 5.13. The fourth-order valence-electron chi connectivity index (χ4n) is 2.42. The van der Waals surface area contributed by atoms with Gasteiger partial charge in [0, 0.05) is 12.6 Å². The molecule has 0 bridgehead atoms. The molecule has 1 aliphatic carbocycles. The van der Waals surface area contributed by atoms with E-state index in [1.807, 2.05) is 0 Å². The number of hydrogen-bond donors (Lipinski definition) is 1. The van der Waals surface area contributed by atoms with Crippen LogP contribution in [0.25, 0.3) is 0 Å². The van der Waals surface area contributed by atoms with Crippen LogP contribution in [0.2, 0.25) is 0 Å². The highest BCUT2D eigenvalue weighted by Crippen LogP contribution is 2.36. The zero-order valence-electron chi connectivity index (χ0n) is 9.30. The average molecular weight is 197 g/mol. The van der Waals surface area contributed by atoms with Crippen LogP contribution in [0.4, 0.5) is 0 Å². The summed E-state index contributed by atoms with van der Waals surface area (Å²) in [6, 6.07) is 0.662. The summed E-state index contributed by atoms with van der Waals surface area (Å²) < 4.78 is 5.88. The molecule has 82 valence electrons. The van der Waals surface area contributed by atoms with Crippen molar-refractivity contribution in [1.29, 1.82) is 0 Å². The van der Waals surface area contributed by atoms with Crippen LogP contribution in [-0.2, 0) is 4.74 Å². The van der Waals surface area contributed by atoms with Gasteiger partial charge in [-0.05, 0) is 51.0 Å². The molecule has 0 aromatic carbocycles. The molecule has 0 amide bonds. The fourth-order valence-corrected chi connectivity index (χ4v) is 2.42. The van der Waals surface area contributed by atoms with Crippen LogP contribution in [-0.4, -0.2) is 25.3 Å². The topological polar surface area (TPSA) is 21.3 Å². The summed E-state index contributed by atoms with van der Waals surface area (Å²) >= 11 is 0. The summed E-state index contributed by atoms with van der Waals surface area (Å²) in [5, 5.41) is 3.68. The first kappa shape index (κ1) is 10.4. The summed E-state index contributed by atoms with van der Waals surface area (Å²) in [4.78, 5) is 0. The molecule has 2 fully saturated rings. The summed E-state index contributed by atoms with van der Waals surface area (Å²) in [7, 11) is 0. The largest absolute Gasteiger partial charge is 0.377 e. The summed E-state index contributed by atoms with van der Waals surface area (Å²) in [6.07, 6.45) is 8.49. The van der Waals surface area contributed by atoms with Gasteiger partial charge in [-0.1, -0.05) is 6.92 Å². The van der Waals surface area contributed by atoms with Crippen LogP contribution in [0.15, 0.2) is 0 Å². The van der Waals surface area contributed by atoms with E-state index in [0.717, 1.165) is 19.1 Å². The molecule has 1 aliphatic heterocycles. The van der Waals surface area contributed by atoms with Crippen molar-refractivity contribution in [2.24, 2.45) is 5.92 Å². The van der Waals surface area contributed by atoms with Crippen molar-refractivity contribution >= 4 is 0 Å². The number of nitrogens with one attached hydrogen (secondary N) is 1. The molecule has 1 saturated carbocycles. The average Bonchev–Trinajstić information content (AvgIpc) is 3.04. The first-order chi connectivity index (χ1) is 6.92. The minimum Gasteiger partial charge on any atom is -0.377 e. The third-order valence-corrected chi connectivity index (χ3v) is 3.38. The molecule has 1 heterocycles. The van der Waals surface area contributed by atoms with Crippen LogP contribution in [0.3, 0.4) is 0 Å². The van der Waals surface area contributed by atoms with Gasteiger partial charge in [0.25, 0.3) is 0 Å². The Morgan fingerprint density at radius 1 is 1.29 bits per heavy atom. The maximum atomic E-state index is 5.88. The third-order valence-electron chi connectivity index (χ3n) is 3.38. The van der Waals surface area contributed by atoms with Gasteiger partial charge in [0.2, 0.25) is 0 Å². The minimum atomic E-state index is 0.516. The number of hydrogen-bond acceptors (Lipinski definition) is 2. The van der Waals surface area contributed by atoms with Gasteiger partial charge in [-0.3, -0.25) is 0 Å². The molecule has 0 aromatic heterocycles. The van der Waals surface area contributed by atoms with E-state index in [2.05, 4.69) is 12.2 Å². The van der Waals surface area contributed by atoms with E-state index in [4.69, 9.17) is 4.74 Å². The lowest BCUT2D eigenvalue weighted by molar-refractivity contribution is -0.0123. The Hall–Kier alpha value is -0.0800. The summed E-state index contributed by atoms with van der Waals surface area (Å²) in [5.74, 6) is 0.921. The van der Waals surface area contributed by atoms with E-state index < -0.39 is 0 Å². The predicted octanol–water partition coefficient (Wildman–Crippen LogP) is 2.33. The molecule has 2 aliphatic rings. The third kappa shape index (κ3) is 2.71. The van der Waals surface area contributed by atoms with Gasteiger partial charge >= 0.3 is 0 Å². The molecule has 0 spiro atoms. The predicted molar refractivity (Wildman–Crippen MR) is 58.4 cm³/mol. The zero-order valence-corrected chi connectivity index (χ0v) is 9.30. The molecule has 2 atom stereocenters. The Bertz CT molecular complexity index is 162. The minimum absolute atomic E-state index is 0.516. The fraction of sp³-hybridized carbons (Fsp3) is 1.00. The standard InChI is InChI=1S/C12H23NO/c1-2-8-13-12(10-6-7-10)11-5-3-4-9-14-11/h10-13H,2-9H2,1H3. The second-order valence-corrected chi connectivity index (χ2v) is 4.72. The Labute approximate surface area is 87.4 Å². The van der Waals surface area contributed by atoms with E-state index in [1.165, 1.54) is 38.5 Å². The van der Waals surface area contributed by atoms with Crippen LogP contribution in [0, 0.1) is 5.92 Å². The Kier molecular flexibility index (Phi) is 3.82. The van der Waals surface area contributed by atoms with Gasteiger partial charge in [0.05, 0.1) is 6.10 Å². The van der Waals surface area contributed by atoms with Crippen LogP contribution >= 0.6 is 0 Å². The highest BCUT2D eigenvalue weighted by atomic mass is 16.5. The molecule has 0 radical (unpaired) electrons. The van der Waals surface area contributed by atoms with Gasteiger partial charge < -0.3 is 10.1 Å². The van der Waals surface area contributed by atoms with E-state index >= 15 is 0 Å². The molecule has 2 unspecified atom stereocenters. The van der Waals surface area contributed by atoms with Gasteiger partial charge in [-0.2, -0.15) is 0 Å². The molecule has 2 heteroatoms. The SMILES string of the molecule is CCCNC(C1CC1)C1CCCCO1. The first-order valence-corrected chi connectivity index (χ1v) is 6.27. The van der Waals surface area contributed by atoms with Gasteiger partial charge in [-0.25, -0.2) is 0 Å². The highest BCUT2D eigenvalue weighted by Gasteiger charge is 2.37. The van der Waals surface area contributed by atoms with Crippen molar-refractivity contribution in [3.8, 4) is 0 Å². The molecule has 2 rings (SSSR count). The van der Waals surface area contributed by atoms with Crippen molar-refractivity contribution in [2.75, 3.05) is 13.2 Å². The maximum Gasteiger partial charge on any atom is 0.0730 e. The molecular weight excluding hydrogens is 174 g/mol.